The first-order valence-electron chi connectivity index (χ1n) is 8.72. The largest absolute Gasteiger partial charge is 0.490 e. The fourth-order valence-electron chi connectivity index (χ4n) is 2.56. The van der Waals surface area contributed by atoms with Crippen molar-refractivity contribution in [3.8, 4) is 5.88 Å². The molecule has 2 heterocycles. The molecule has 1 fully saturated rings. The lowest BCUT2D eigenvalue weighted by Crippen LogP contribution is -2.34. The molecule has 0 bridgehead atoms. The molecule has 1 aliphatic rings. The number of carboxylic acid groups (broad SMARTS) is 1. The molecule has 0 unspecified atom stereocenters. The van der Waals surface area contributed by atoms with Crippen molar-refractivity contribution in [2.24, 2.45) is 0 Å². The zero-order chi connectivity index (χ0) is 21.4. The van der Waals surface area contributed by atoms with Gasteiger partial charge in [-0.2, -0.15) is 13.2 Å². The first-order chi connectivity index (χ1) is 13.6. The molecule has 0 spiro atoms. The Hall–Kier alpha value is -2.39. The topological polar surface area (TPSA) is 71.5 Å². The van der Waals surface area contributed by atoms with Crippen molar-refractivity contribution in [3.05, 3.63) is 58.5 Å². The molecule has 2 aromatic rings. The Bertz CT molecular complexity index is 827. The van der Waals surface area contributed by atoms with Gasteiger partial charge in [-0.15, -0.1) is 0 Å². The molecule has 0 amide bonds. The minimum absolute atomic E-state index is 0.139. The number of piperidine rings is 1. The van der Waals surface area contributed by atoms with Crippen LogP contribution in [-0.2, 0) is 11.2 Å². The van der Waals surface area contributed by atoms with Crippen molar-refractivity contribution in [3.63, 3.8) is 0 Å². The molecule has 1 aromatic carbocycles. The highest BCUT2D eigenvalue weighted by molar-refractivity contribution is 6.30. The molecule has 0 radical (unpaired) electrons. The summed E-state index contributed by atoms with van der Waals surface area (Å²) in [4.78, 5) is 13.4. The summed E-state index contributed by atoms with van der Waals surface area (Å²) in [6.45, 7) is 1.96. The average Bonchev–Trinajstić information content (AvgIpc) is 2.66. The number of ether oxygens (including phenoxy) is 1. The molecule has 2 N–H and O–H groups in total. The average molecular weight is 435 g/mol. The smallest absolute Gasteiger partial charge is 0.475 e. The van der Waals surface area contributed by atoms with Gasteiger partial charge in [0.15, 0.2) is 0 Å². The second-order valence-corrected chi connectivity index (χ2v) is 6.67. The molecular formula is C19H19ClF4N2O3. The lowest BCUT2D eigenvalue weighted by molar-refractivity contribution is -0.192. The van der Waals surface area contributed by atoms with E-state index in [1.165, 1.54) is 6.07 Å². The number of benzene rings is 1. The molecular weight excluding hydrogens is 416 g/mol. The quantitative estimate of drug-likeness (QED) is 0.705. The number of carboxylic acids is 1. The monoisotopic (exact) mass is 434 g/mol. The van der Waals surface area contributed by atoms with Gasteiger partial charge in [0.1, 0.15) is 11.9 Å². The van der Waals surface area contributed by atoms with Gasteiger partial charge in [0.2, 0.25) is 5.88 Å². The number of rotatable bonds is 4. The van der Waals surface area contributed by atoms with E-state index in [1.54, 1.807) is 6.07 Å². The maximum Gasteiger partial charge on any atom is 0.490 e. The van der Waals surface area contributed by atoms with E-state index >= 15 is 0 Å². The number of aromatic nitrogens is 1. The van der Waals surface area contributed by atoms with Gasteiger partial charge in [-0.25, -0.2) is 14.2 Å². The Morgan fingerprint density at radius 1 is 1.24 bits per heavy atom. The fourth-order valence-corrected chi connectivity index (χ4v) is 2.68. The molecule has 10 heteroatoms. The first-order valence-corrected chi connectivity index (χ1v) is 9.10. The number of alkyl halides is 3. The number of nitrogens with one attached hydrogen (secondary N) is 1. The summed E-state index contributed by atoms with van der Waals surface area (Å²) in [5.74, 6) is -2.52. The van der Waals surface area contributed by atoms with Crippen LogP contribution in [0.4, 0.5) is 17.6 Å². The van der Waals surface area contributed by atoms with Crippen molar-refractivity contribution in [1.82, 2.24) is 10.3 Å². The van der Waals surface area contributed by atoms with Gasteiger partial charge in [-0.05, 0) is 49.7 Å². The summed E-state index contributed by atoms with van der Waals surface area (Å²) in [5.41, 5.74) is 1.70. The summed E-state index contributed by atoms with van der Waals surface area (Å²) < 4.78 is 51.2. The Morgan fingerprint density at radius 2 is 1.90 bits per heavy atom. The number of carbonyl (C=O) groups is 1. The minimum Gasteiger partial charge on any atom is -0.475 e. The Morgan fingerprint density at radius 3 is 2.48 bits per heavy atom. The molecule has 158 valence electrons. The van der Waals surface area contributed by atoms with Gasteiger partial charge in [0.25, 0.3) is 0 Å². The van der Waals surface area contributed by atoms with E-state index in [1.807, 2.05) is 24.3 Å². The summed E-state index contributed by atoms with van der Waals surface area (Å²) in [6.07, 6.45) is -2.32. The summed E-state index contributed by atoms with van der Waals surface area (Å²) in [6, 6.07) is 10.5. The number of aliphatic carboxylic acids is 1. The Labute approximate surface area is 169 Å². The number of hydrogen-bond acceptors (Lipinski definition) is 4. The number of halogens is 5. The molecule has 0 atom stereocenters. The van der Waals surface area contributed by atoms with E-state index in [0.29, 0.717) is 12.3 Å². The molecule has 5 nitrogen and oxygen atoms in total. The second-order valence-electron chi connectivity index (χ2n) is 6.26. The van der Waals surface area contributed by atoms with Gasteiger partial charge >= 0.3 is 12.1 Å². The van der Waals surface area contributed by atoms with E-state index < -0.39 is 18.0 Å². The van der Waals surface area contributed by atoms with Crippen LogP contribution in [0, 0.1) is 5.82 Å². The van der Waals surface area contributed by atoms with Crippen molar-refractivity contribution >= 4 is 17.6 Å². The lowest BCUT2D eigenvalue weighted by Gasteiger charge is -2.23. The van der Waals surface area contributed by atoms with Crippen LogP contribution >= 0.6 is 11.6 Å². The van der Waals surface area contributed by atoms with Crippen molar-refractivity contribution in [1.29, 1.82) is 0 Å². The van der Waals surface area contributed by atoms with Crippen LogP contribution in [0.25, 0.3) is 0 Å². The number of hydrogen-bond donors (Lipinski definition) is 2. The third kappa shape index (κ3) is 7.86. The van der Waals surface area contributed by atoms with E-state index in [4.69, 9.17) is 26.2 Å². The van der Waals surface area contributed by atoms with Gasteiger partial charge < -0.3 is 15.2 Å². The number of pyridine rings is 1. The van der Waals surface area contributed by atoms with Crippen LogP contribution in [-0.4, -0.2) is 41.4 Å². The van der Waals surface area contributed by atoms with Crippen molar-refractivity contribution in [2.75, 3.05) is 13.1 Å². The summed E-state index contributed by atoms with van der Waals surface area (Å²) in [7, 11) is 0. The zero-order valence-electron chi connectivity index (χ0n) is 15.2. The van der Waals surface area contributed by atoms with E-state index in [2.05, 4.69) is 10.3 Å². The van der Waals surface area contributed by atoms with Gasteiger partial charge in [0.05, 0.1) is 5.02 Å². The van der Waals surface area contributed by atoms with Gasteiger partial charge in [0, 0.05) is 18.2 Å². The fraction of sp³-hybridized carbons (Fsp3) is 0.368. The molecule has 1 aliphatic heterocycles. The van der Waals surface area contributed by atoms with Gasteiger partial charge in [-0.3, -0.25) is 0 Å². The molecule has 1 aromatic heterocycles. The molecule has 0 aliphatic carbocycles. The van der Waals surface area contributed by atoms with E-state index in [9.17, 15) is 17.6 Å². The summed E-state index contributed by atoms with van der Waals surface area (Å²) >= 11 is 5.70. The predicted molar refractivity (Wildman–Crippen MR) is 98.7 cm³/mol. The Kier molecular flexibility index (Phi) is 8.21. The SMILES string of the molecule is Fc1cc(Cc2cccc(OC3CCNCC3)n2)ccc1Cl.O=C(O)C(F)(F)F. The maximum atomic E-state index is 13.5. The van der Waals surface area contributed by atoms with Crippen LogP contribution < -0.4 is 10.1 Å². The first kappa shape index (κ1) is 22.9. The van der Waals surface area contributed by atoms with E-state index in [0.717, 1.165) is 37.2 Å². The van der Waals surface area contributed by atoms with Crippen LogP contribution in [0.15, 0.2) is 36.4 Å². The third-order valence-corrected chi connectivity index (χ3v) is 4.27. The van der Waals surface area contributed by atoms with E-state index in [-0.39, 0.29) is 11.1 Å². The van der Waals surface area contributed by atoms with Gasteiger partial charge in [-0.1, -0.05) is 23.7 Å². The zero-order valence-corrected chi connectivity index (χ0v) is 15.9. The van der Waals surface area contributed by atoms with Crippen LogP contribution in [0.5, 0.6) is 5.88 Å². The van der Waals surface area contributed by atoms with Crippen molar-refractivity contribution < 1.29 is 32.2 Å². The second kappa shape index (κ2) is 10.4. The highest BCUT2D eigenvalue weighted by Gasteiger charge is 2.38. The number of nitrogens with zero attached hydrogens (tertiary/aromatic N) is 1. The molecule has 1 saturated heterocycles. The predicted octanol–water partition coefficient (Wildman–Crippen LogP) is 4.23. The highest BCUT2D eigenvalue weighted by Crippen LogP contribution is 2.19. The van der Waals surface area contributed by atoms with Crippen LogP contribution in [0.2, 0.25) is 5.02 Å². The normalized spacial score (nSPS) is 14.7. The Balaban J connectivity index is 0.000000370. The maximum absolute atomic E-state index is 13.5. The minimum atomic E-state index is -5.08. The molecule has 29 heavy (non-hydrogen) atoms. The highest BCUT2D eigenvalue weighted by atomic mass is 35.5. The molecule has 3 rings (SSSR count). The standard InChI is InChI=1S/C17H18ClFN2O.C2HF3O2/c18-15-5-4-12(11-16(15)19)10-13-2-1-3-17(21-13)22-14-6-8-20-9-7-14;3-2(4,5)1(6)7/h1-5,11,14,20H,6-10H2;(H,6,7). The molecule has 0 saturated carbocycles. The summed E-state index contributed by atoms with van der Waals surface area (Å²) in [5, 5.41) is 10.6. The van der Waals surface area contributed by atoms with Crippen molar-refractivity contribution in [2.45, 2.75) is 31.5 Å². The van der Waals surface area contributed by atoms with Crippen LogP contribution in [0.3, 0.4) is 0 Å². The lowest BCUT2D eigenvalue weighted by atomic mass is 10.1. The third-order valence-electron chi connectivity index (χ3n) is 3.97. The van der Waals surface area contributed by atoms with Crippen LogP contribution in [0.1, 0.15) is 24.1 Å².